The van der Waals surface area contributed by atoms with E-state index >= 15 is 0 Å². The summed E-state index contributed by atoms with van der Waals surface area (Å²) >= 11 is 0. The van der Waals surface area contributed by atoms with Gasteiger partial charge in [-0.05, 0) is 25.2 Å². The third kappa shape index (κ3) is 3.02. The molecular formula is C9H19N. The van der Waals surface area contributed by atoms with Crippen LogP contribution in [0.4, 0.5) is 0 Å². The lowest BCUT2D eigenvalue weighted by molar-refractivity contribution is 0.653. The molecule has 0 aliphatic heterocycles. The van der Waals surface area contributed by atoms with E-state index in [4.69, 9.17) is 5.73 Å². The summed E-state index contributed by atoms with van der Waals surface area (Å²) in [6.45, 7) is 7.72. The van der Waals surface area contributed by atoms with Gasteiger partial charge in [-0.15, -0.1) is 6.58 Å². The van der Waals surface area contributed by atoms with E-state index in [0.717, 1.165) is 6.42 Å². The molecule has 0 saturated heterocycles. The van der Waals surface area contributed by atoms with Gasteiger partial charge >= 0.3 is 0 Å². The zero-order chi connectivity index (χ0) is 7.98. The van der Waals surface area contributed by atoms with Gasteiger partial charge in [-0.3, -0.25) is 0 Å². The smallest absolute Gasteiger partial charge is 0.00446 e. The van der Waals surface area contributed by atoms with Gasteiger partial charge in [0.05, 0.1) is 0 Å². The SMILES string of the molecule is C=CC1CCC(N)C1.CC. The standard InChI is InChI=1S/C7H13N.C2H6/c1-2-6-3-4-7(8)5-6;1-2/h2,6-7H,1,3-5,8H2;1-2H3. The van der Waals surface area contributed by atoms with Gasteiger partial charge in [0.15, 0.2) is 0 Å². The lowest BCUT2D eigenvalue weighted by Crippen LogP contribution is -2.14. The molecule has 0 heterocycles. The molecule has 60 valence electrons. The molecule has 0 amide bonds. The van der Waals surface area contributed by atoms with Crippen molar-refractivity contribution in [1.82, 2.24) is 0 Å². The minimum atomic E-state index is 0.456. The molecule has 0 radical (unpaired) electrons. The van der Waals surface area contributed by atoms with E-state index in [1.807, 2.05) is 19.9 Å². The highest BCUT2D eigenvalue weighted by molar-refractivity contribution is 4.88. The molecule has 1 aliphatic rings. The van der Waals surface area contributed by atoms with Crippen molar-refractivity contribution in [2.45, 2.75) is 39.2 Å². The minimum absolute atomic E-state index is 0.456. The molecule has 1 aliphatic carbocycles. The quantitative estimate of drug-likeness (QED) is 0.557. The molecule has 0 aromatic heterocycles. The Morgan fingerprint density at radius 1 is 1.40 bits per heavy atom. The second-order valence-corrected chi connectivity index (χ2v) is 2.57. The number of rotatable bonds is 1. The maximum absolute atomic E-state index is 5.65. The molecule has 2 atom stereocenters. The highest BCUT2D eigenvalue weighted by atomic mass is 14.6. The van der Waals surface area contributed by atoms with E-state index in [9.17, 15) is 0 Å². The number of hydrogen-bond donors (Lipinski definition) is 1. The van der Waals surface area contributed by atoms with E-state index < -0.39 is 0 Å². The molecular weight excluding hydrogens is 122 g/mol. The number of hydrogen-bond acceptors (Lipinski definition) is 1. The van der Waals surface area contributed by atoms with Gasteiger partial charge in [-0.25, -0.2) is 0 Å². The van der Waals surface area contributed by atoms with Crippen LogP contribution in [0.5, 0.6) is 0 Å². The fourth-order valence-electron chi connectivity index (χ4n) is 1.27. The molecule has 0 bridgehead atoms. The Labute approximate surface area is 64.3 Å². The summed E-state index contributed by atoms with van der Waals surface area (Å²) in [6, 6.07) is 0.456. The van der Waals surface area contributed by atoms with Gasteiger partial charge in [0.1, 0.15) is 0 Å². The first-order valence-electron chi connectivity index (χ1n) is 4.21. The Morgan fingerprint density at radius 2 is 2.00 bits per heavy atom. The molecule has 10 heavy (non-hydrogen) atoms. The van der Waals surface area contributed by atoms with Gasteiger partial charge in [0.2, 0.25) is 0 Å². The first kappa shape index (κ1) is 9.70. The number of nitrogens with two attached hydrogens (primary N) is 1. The molecule has 1 nitrogen and oxygen atoms in total. The molecule has 2 N–H and O–H groups in total. The van der Waals surface area contributed by atoms with Gasteiger partial charge in [0.25, 0.3) is 0 Å². The van der Waals surface area contributed by atoms with Gasteiger partial charge in [0, 0.05) is 6.04 Å². The Balaban J connectivity index is 0.000000371. The van der Waals surface area contributed by atoms with E-state index in [1.165, 1.54) is 12.8 Å². The van der Waals surface area contributed by atoms with Gasteiger partial charge < -0.3 is 5.73 Å². The lowest BCUT2D eigenvalue weighted by atomic mass is 10.1. The summed E-state index contributed by atoms with van der Waals surface area (Å²) in [4.78, 5) is 0. The van der Waals surface area contributed by atoms with E-state index in [-0.39, 0.29) is 0 Å². The molecule has 0 aromatic carbocycles. The van der Waals surface area contributed by atoms with E-state index in [1.54, 1.807) is 0 Å². The number of allylic oxidation sites excluding steroid dienone is 1. The van der Waals surface area contributed by atoms with Crippen molar-refractivity contribution in [2.75, 3.05) is 0 Å². The zero-order valence-corrected chi connectivity index (χ0v) is 7.14. The Bertz CT molecular complexity index is 88.7. The monoisotopic (exact) mass is 141 g/mol. The molecule has 0 spiro atoms. The van der Waals surface area contributed by atoms with Crippen LogP contribution < -0.4 is 5.73 Å². The summed E-state index contributed by atoms with van der Waals surface area (Å²) in [6.07, 6.45) is 5.62. The Hall–Kier alpha value is -0.300. The van der Waals surface area contributed by atoms with Crippen LogP contribution in [-0.4, -0.2) is 6.04 Å². The molecule has 1 rings (SSSR count). The van der Waals surface area contributed by atoms with Crippen LogP contribution in [0.25, 0.3) is 0 Å². The topological polar surface area (TPSA) is 26.0 Å². The van der Waals surface area contributed by atoms with Crippen LogP contribution in [0.1, 0.15) is 33.1 Å². The van der Waals surface area contributed by atoms with E-state index in [0.29, 0.717) is 12.0 Å². The van der Waals surface area contributed by atoms with Crippen LogP contribution >= 0.6 is 0 Å². The lowest BCUT2D eigenvalue weighted by Gasteiger charge is -1.98. The molecule has 2 unspecified atom stereocenters. The Morgan fingerprint density at radius 3 is 2.20 bits per heavy atom. The first-order valence-corrected chi connectivity index (χ1v) is 4.21. The van der Waals surface area contributed by atoms with Crippen LogP contribution in [0.2, 0.25) is 0 Å². The van der Waals surface area contributed by atoms with Crippen molar-refractivity contribution in [3.05, 3.63) is 12.7 Å². The fourth-order valence-corrected chi connectivity index (χ4v) is 1.27. The first-order chi connectivity index (χ1) is 4.83. The van der Waals surface area contributed by atoms with Crippen LogP contribution in [0, 0.1) is 5.92 Å². The fraction of sp³-hybridized carbons (Fsp3) is 0.778. The summed E-state index contributed by atoms with van der Waals surface area (Å²) in [5, 5.41) is 0. The van der Waals surface area contributed by atoms with Crippen molar-refractivity contribution in [1.29, 1.82) is 0 Å². The third-order valence-corrected chi connectivity index (χ3v) is 1.85. The van der Waals surface area contributed by atoms with Crippen molar-refractivity contribution in [3.63, 3.8) is 0 Å². The molecule has 1 saturated carbocycles. The average Bonchev–Trinajstić information content (AvgIpc) is 2.40. The third-order valence-electron chi connectivity index (χ3n) is 1.85. The highest BCUT2D eigenvalue weighted by Gasteiger charge is 2.17. The van der Waals surface area contributed by atoms with Crippen molar-refractivity contribution < 1.29 is 0 Å². The Kier molecular flexibility index (Phi) is 5.32. The zero-order valence-electron chi connectivity index (χ0n) is 7.14. The molecule has 1 fully saturated rings. The summed E-state index contributed by atoms with van der Waals surface area (Å²) in [7, 11) is 0. The second-order valence-electron chi connectivity index (χ2n) is 2.57. The van der Waals surface area contributed by atoms with Crippen molar-refractivity contribution in [2.24, 2.45) is 11.7 Å². The van der Waals surface area contributed by atoms with Gasteiger partial charge in [-0.2, -0.15) is 0 Å². The second kappa shape index (κ2) is 5.48. The maximum atomic E-state index is 5.65. The van der Waals surface area contributed by atoms with Crippen LogP contribution in [-0.2, 0) is 0 Å². The maximum Gasteiger partial charge on any atom is 0.00446 e. The van der Waals surface area contributed by atoms with Gasteiger partial charge in [-0.1, -0.05) is 19.9 Å². The minimum Gasteiger partial charge on any atom is -0.328 e. The normalized spacial score (nSPS) is 30.7. The highest BCUT2D eigenvalue weighted by Crippen LogP contribution is 2.24. The van der Waals surface area contributed by atoms with Crippen molar-refractivity contribution in [3.8, 4) is 0 Å². The van der Waals surface area contributed by atoms with E-state index in [2.05, 4.69) is 6.58 Å². The molecule has 1 heteroatoms. The predicted molar refractivity (Wildman–Crippen MR) is 46.9 cm³/mol. The van der Waals surface area contributed by atoms with Crippen LogP contribution in [0.3, 0.4) is 0 Å². The summed E-state index contributed by atoms with van der Waals surface area (Å²) < 4.78 is 0. The van der Waals surface area contributed by atoms with Crippen molar-refractivity contribution >= 4 is 0 Å². The largest absolute Gasteiger partial charge is 0.328 e. The molecule has 0 aromatic rings. The summed E-state index contributed by atoms with van der Waals surface area (Å²) in [5.74, 6) is 0.713. The summed E-state index contributed by atoms with van der Waals surface area (Å²) in [5.41, 5.74) is 5.65. The predicted octanol–water partition coefficient (Wildman–Crippen LogP) is 2.33. The average molecular weight is 141 g/mol. The van der Waals surface area contributed by atoms with Crippen LogP contribution in [0.15, 0.2) is 12.7 Å².